The van der Waals surface area contributed by atoms with Crippen molar-refractivity contribution in [2.24, 2.45) is 11.7 Å². The number of hydrogen-bond donors (Lipinski definition) is 2. The summed E-state index contributed by atoms with van der Waals surface area (Å²) in [4.78, 5) is 11.9. The summed E-state index contributed by atoms with van der Waals surface area (Å²) in [6.45, 7) is 1.17. The van der Waals surface area contributed by atoms with E-state index in [4.69, 9.17) is 10.5 Å². The van der Waals surface area contributed by atoms with Crippen LogP contribution in [-0.4, -0.2) is 25.2 Å². The third kappa shape index (κ3) is 4.40. The number of benzene rings is 1. The first-order valence-electron chi connectivity index (χ1n) is 6.16. The molecule has 7 heteroatoms. The average molecular weight is 307 g/mol. The quantitative estimate of drug-likeness (QED) is 0.898. The van der Waals surface area contributed by atoms with Crippen molar-refractivity contribution in [3.63, 3.8) is 0 Å². The molecule has 3 N–H and O–H groups in total. The van der Waals surface area contributed by atoms with Gasteiger partial charge in [-0.3, -0.25) is 4.79 Å². The molecule has 1 fully saturated rings. The second-order valence-corrected chi connectivity index (χ2v) is 4.62. The molecule has 0 aliphatic carbocycles. The Morgan fingerprint density at radius 1 is 1.25 bits per heavy atom. The number of nitrogens with two attached hydrogens (primary N) is 1. The van der Waals surface area contributed by atoms with Crippen LogP contribution < -0.4 is 11.1 Å². The van der Waals surface area contributed by atoms with Crippen molar-refractivity contribution >= 4 is 24.0 Å². The number of rotatable bonds is 3. The molecule has 0 spiro atoms. The molecular formula is C13H17ClF2N2O2. The van der Waals surface area contributed by atoms with Gasteiger partial charge in [-0.15, -0.1) is 12.4 Å². The number of nitrogens with one attached hydrogen (secondary N) is 1. The Morgan fingerprint density at radius 2 is 1.80 bits per heavy atom. The number of amides is 1. The summed E-state index contributed by atoms with van der Waals surface area (Å²) in [5.41, 5.74) is 5.93. The van der Waals surface area contributed by atoms with Crippen LogP contribution in [0.25, 0.3) is 0 Å². The van der Waals surface area contributed by atoms with Gasteiger partial charge in [-0.2, -0.15) is 0 Å². The first-order valence-corrected chi connectivity index (χ1v) is 6.16. The summed E-state index contributed by atoms with van der Waals surface area (Å²) < 4.78 is 31.2. The summed E-state index contributed by atoms with van der Waals surface area (Å²) in [5, 5.41) is 2.44. The largest absolute Gasteiger partial charge is 0.381 e. The molecule has 0 bridgehead atoms. The van der Waals surface area contributed by atoms with Crippen LogP contribution in [0.15, 0.2) is 18.2 Å². The van der Waals surface area contributed by atoms with Gasteiger partial charge in [0.1, 0.15) is 11.6 Å². The second kappa shape index (κ2) is 7.52. The molecule has 0 radical (unpaired) electrons. The van der Waals surface area contributed by atoms with Crippen LogP contribution in [-0.2, 0) is 9.53 Å². The lowest BCUT2D eigenvalue weighted by Crippen LogP contribution is -2.44. The average Bonchev–Trinajstić information content (AvgIpc) is 2.37. The molecule has 1 aliphatic rings. The van der Waals surface area contributed by atoms with Crippen LogP contribution in [0, 0.1) is 17.6 Å². The highest BCUT2D eigenvalue weighted by atomic mass is 35.5. The van der Waals surface area contributed by atoms with Crippen molar-refractivity contribution in [2.75, 3.05) is 18.5 Å². The Balaban J connectivity index is 0.00000200. The van der Waals surface area contributed by atoms with Crippen LogP contribution in [0.4, 0.5) is 14.5 Å². The van der Waals surface area contributed by atoms with Crippen LogP contribution in [0.3, 0.4) is 0 Å². The van der Waals surface area contributed by atoms with E-state index < -0.39 is 23.6 Å². The minimum atomic E-state index is -0.741. The van der Waals surface area contributed by atoms with Gasteiger partial charge >= 0.3 is 0 Å². The lowest BCUT2D eigenvalue weighted by Gasteiger charge is -2.26. The number of hydrogen-bond acceptors (Lipinski definition) is 3. The molecule has 1 atom stereocenters. The zero-order valence-electron chi connectivity index (χ0n) is 10.8. The molecule has 1 heterocycles. The number of carbonyl (C=O) groups excluding carboxylic acids is 1. The lowest BCUT2D eigenvalue weighted by molar-refractivity contribution is -0.119. The van der Waals surface area contributed by atoms with Crippen LogP contribution in [0.1, 0.15) is 12.8 Å². The van der Waals surface area contributed by atoms with E-state index in [0.717, 1.165) is 18.2 Å². The van der Waals surface area contributed by atoms with Gasteiger partial charge in [-0.1, -0.05) is 0 Å². The van der Waals surface area contributed by atoms with Gasteiger partial charge in [0.2, 0.25) is 5.91 Å². The Labute approximate surface area is 122 Å². The first kappa shape index (κ1) is 16.8. The maximum atomic E-state index is 13.0. The molecular weight excluding hydrogens is 290 g/mol. The molecule has 20 heavy (non-hydrogen) atoms. The molecule has 0 saturated carbocycles. The summed E-state index contributed by atoms with van der Waals surface area (Å²) in [6, 6.07) is 2.15. The van der Waals surface area contributed by atoms with Gasteiger partial charge < -0.3 is 15.8 Å². The van der Waals surface area contributed by atoms with Crippen molar-refractivity contribution in [3.05, 3.63) is 29.8 Å². The summed E-state index contributed by atoms with van der Waals surface area (Å²) in [5.74, 6) is -1.88. The predicted octanol–water partition coefficient (Wildman–Crippen LogP) is 2.08. The Hall–Kier alpha value is -1.24. The number of ether oxygens (including phenoxy) is 1. The number of carbonyl (C=O) groups is 1. The molecule has 1 unspecified atom stereocenters. The maximum Gasteiger partial charge on any atom is 0.241 e. The zero-order valence-corrected chi connectivity index (χ0v) is 11.6. The summed E-state index contributed by atoms with van der Waals surface area (Å²) in [6.07, 6.45) is 1.43. The lowest BCUT2D eigenvalue weighted by atomic mass is 9.92. The standard InChI is InChI=1S/C13H16F2N2O2.ClH/c14-9-5-10(15)7-11(6-9)17-13(18)12(16)8-1-3-19-4-2-8;/h5-8,12H,1-4,16H2,(H,17,18);1H. The van der Waals surface area contributed by atoms with E-state index in [1.54, 1.807) is 0 Å². The predicted molar refractivity (Wildman–Crippen MR) is 73.8 cm³/mol. The van der Waals surface area contributed by atoms with Gasteiger partial charge in [0, 0.05) is 25.0 Å². The van der Waals surface area contributed by atoms with Crippen LogP contribution in [0.5, 0.6) is 0 Å². The highest BCUT2D eigenvalue weighted by Gasteiger charge is 2.26. The van der Waals surface area contributed by atoms with Gasteiger partial charge in [-0.25, -0.2) is 8.78 Å². The molecule has 1 saturated heterocycles. The van der Waals surface area contributed by atoms with Crippen LogP contribution in [0.2, 0.25) is 0 Å². The van der Waals surface area contributed by atoms with Crippen molar-refractivity contribution in [1.82, 2.24) is 0 Å². The Morgan fingerprint density at radius 3 is 2.35 bits per heavy atom. The van der Waals surface area contributed by atoms with Crippen molar-refractivity contribution in [1.29, 1.82) is 0 Å². The first-order chi connectivity index (χ1) is 9.06. The van der Waals surface area contributed by atoms with Crippen LogP contribution >= 0.6 is 12.4 Å². The molecule has 1 aromatic carbocycles. The van der Waals surface area contributed by atoms with Gasteiger partial charge in [0.05, 0.1) is 6.04 Å². The molecule has 1 aliphatic heterocycles. The fourth-order valence-electron chi connectivity index (χ4n) is 2.14. The van der Waals surface area contributed by atoms with Gasteiger partial charge in [0.25, 0.3) is 0 Å². The van der Waals surface area contributed by atoms with E-state index in [0.29, 0.717) is 26.1 Å². The molecule has 1 aromatic rings. The van der Waals surface area contributed by atoms with Crippen molar-refractivity contribution < 1.29 is 18.3 Å². The van der Waals surface area contributed by atoms with Gasteiger partial charge in [0.15, 0.2) is 0 Å². The number of anilines is 1. The molecule has 0 aromatic heterocycles. The van der Waals surface area contributed by atoms with Gasteiger partial charge in [-0.05, 0) is 30.9 Å². The molecule has 1 amide bonds. The van der Waals surface area contributed by atoms with E-state index in [-0.39, 0.29) is 24.0 Å². The fourth-order valence-corrected chi connectivity index (χ4v) is 2.14. The smallest absolute Gasteiger partial charge is 0.241 e. The normalized spacial score (nSPS) is 17.1. The Bertz CT molecular complexity index is 447. The third-order valence-corrected chi connectivity index (χ3v) is 3.21. The van der Waals surface area contributed by atoms with E-state index in [1.807, 2.05) is 0 Å². The number of halogens is 3. The third-order valence-electron chi connectivity index (χ3n) is 3.21. The van der Waals surface area contributed by atoms with Crippen molar-refractivity contribution in [3.8, 4) is 0 Å². The van der Waals surface area contributed by atoms with Crippen molar-refractivity contribution in [2.45, 2.75) is 18.9 Å². The SMILES string of the molecule is Cl.NC(C(=O)Nc1cc(F)cc(F)c1)C1CCOCC1. The monoisotopic (exact) mass is 306 g/mol. The zero-order chi connectivity index (χ0) is 13.8. The minimum Gasteiger partial charge on any atom is -0.381 e. The maximum absolute atomic E-state index is 13.0. The Kier molecular flexibility index (Phi) is 6.32. The summed E-state index contributed by atoms with van der Waals surface area (Å²) >= 11 is 0. The molecule has 4 nitrogen and oxygen atoms in total. The van der Waals surface area contributed by atoms with E-state index in [2.05, 4.69) is 5.32 Å². The summed E-state index contributed by atoms with van der Waals surface area (Å²) in [7, 11) is 0. The van der Waals surface area contributed by atoms with E-state index in [1.165, 1.54) is 0 Å². The molecule has 112 valence electrons. The molecule has 2 rings (SSSR count). The second-order valence-electron chi connectivity index (χ2n) is 4.62. The fraction of sp³-hybridized carbons (Fsp3) is 0.462. The highest BCUT2D eigenvalue weighted by Crippen LogP contribution is 2.19. The minimum absolute atomic E-state index is 0. The van der Waals surface area contributed by atoms with E-state index in [9.17, 15) is 13.6 Å². The van der Waals surface area contributed by atoms with E-state index >= 15 is 0 Å². The topological polar surface area (TPSA) is 64.4 Å². The highest BCUT2D eigenvalue weighted by molar-refractivity contribution is 5.94.